The summed E-state index contributed by atoms with van der Waals surface area (Å²) in [6.45, 7) is 0. The number of rotatable bonds is 2. The lowest BCUT2D eigenvalue weighted by Gasteiger charge is -2.03. The van der Waals surface area contributed by atoms with Gasteiger partial charge in [-0.1, -0.05) is 0 Å². The normalized spacial score (nSPS) is 10.1. The maximum absolute atomic E-state index is 10.8. The zero-order chi connectivity index (χ0) is 10.8. The van der Waals surface area contributed by atoms with Crippen molar-refractivity contribution < 1.29 is 9.90 Å². The fourth-order valence-corrected chi connectivity index (χ4v) is 1.23. The molecule has 3 N–H and O–H groups in total. The van der Waals surface area contributed by atoms with Gasteiger partial charge in [0.2, 0.25) is 0 Å². The fraction of sp³-hybridized carbons (Fsp3) is 0. The van der Waals surface area contributed by atoms with Crippen molar-refractivity contribution in [2.24, 2.45) is 0 Å². The molecule has 0 aliphatic heterocycles. The van der Waals surface area contributed by atoms with Crippen LogP contribution in [0.1, 0.15) is 10.4 Å². The highest BCUT2D eigenvalue weighted by atomic mass is 16.4. The van der Waals surface area contributed by atoms with Crippen molar-refractivity contribution >= 4 is 11.7 Å². The van der Waals surface area contributed by atoms with Gasteiger partial charge in [0.1, 0.15) is 12.7 Å². The SMILES string of the molecule is Nc1cc(C(=O)O)cc(-n2cncn2)c1. The van der Waals surface area contributed by atoms with E-state index in [2.05, 4.69) is 10.1 Å². The number of benzene rings is 1. The van der Waals surface area contributed by atoms with Gasteiger partial charge in [-0.15, -0.1) is 0 Å². The lowest BCUT2D eigenvalue weighted by molar-refractivity contribution is 0.0697. The molecule has 2 rings (SSSR count). The van der Waals surface area contributed by atoms with E-state index in [1.54, 1.807) is 6.07 Å². The molecule has 0 atom stereocenters. The topological polar surface area (TPSA) is 94.0 Å². The van der Waals surface area contributed by atoms with Crippen LogP contribution in [0.15, 0.2) is 30.9 Å². The van der Waals surface area contributed by atoms with E-state index < -0.39 is 5.97 Å². The summed E-state index contributed by atoms with van der Waals surface area (Å²) in [6, 6.07) is 4.50. The molecule has 1 aromatic heterocycles. The average molecular weight is 204 g/mol. The Balaban J connectivity index is 2.54. The van der Waals surface area contributed by atoms with Crippen LogP contribution >= 0.6 is 0 Å². The third-order valence-corrected chi connectivity index (χ3v) is 1.87. The van der Waals surface area contributed by atoms with Crippen molar-refractivity contribution in [1.29, 1.82) is 0 Å². The number of aromatic nitrogens is 3. The van der Waals surface area contributed by atoms with Crippen LogP contribution in [0.25, 0.3) is 5.69 Å². The minimum absolute atomic E-state index is 0.125. The Bertz CT molecular complexity index is 493. The van der Waals surface area contributed by atoms with Gasteiger partial charge in [-0.25, -0.2) is 14.5 Å². The van der Waals surface area contributed by atoms with Crippen molar-refractivity contribution in [3.05, 3.63) is 36.4 Å². The molecule has 0 aliphatic carbocycles. The van der Waals surface area contributed by atoms with Crippen molar-refractivity contribution in [1.82, 2.24) is 14.8 Å². The van der Waals surface area contributed by atoms with Crippen LogP contribution in [0.2, 0.25) is 0 Å². The maximum atomic E-state index is 10.8. The summed E-state index contributed by atoms with van der Waals surface area (Å²) in [4.78, 5) is 14.5. The number of hydrogen-bond donors (Lipinski definition) is 2. The minimum atomic E-state index is -1.02. The highest BCUT2D eigenvalue weighted by Crippen LogP contribution is 2.14. The number of carbonyl (C=O) groups is 1. The van der Waals surface area contributed by atoms with Crippen LogP contribution in [0.3, 0.4) is 0 Å². The minimum Gasteiger partial charge on any atom is -0.478 e. The summed E-state index contributed by atoms with van der Waals surface area (Å²) in [6.07, 6.45) is 2.84. The summed E-state index contributed by atoms with van der Waals surface area (Å²) >= 11 is 0. The van der Waals surface area contributed by atoms with E-state index in [0.29, 0.717) is 11.4 Å². The Morgan fingerprint density at radius 1 is 1.40 bits per heavy atom. The molecule has 0 spiro atoms. The Hall–Kier alpha value is -2.37. The summed E-state index contributed by atoms with van der Waals surface area (Å²) in [7, 11) is 0. The van der Waals surface area contributed by atoms with Crippen LogP contribution in [-0.4, -0.2) is 25.8 Å². The van der Waals surface area contributed by atoms with Crippen LogP contribution in [0, 0.1) is 0 Å². The third-order valence-electron chi connectivity index (χ3n) is 1.87. The van der Waals surface area contributed by atoms with E-state index in [9.17, 15) is 4.79 Å². The van der Waals surface area contributed by atoms with E-state index in [0.717, 1.165) is 0 Å². The summed E-state index contributed by atoms with van der Waals surface area (Å²) in [5, 5.41) is 12.7. The van der Waals surface area contributed by atoms with Gasteiger partial charge in [-0.2, -0.15) is 5.10 Å². The predicted octanol–water partition coefficient (Wildman–Crippen LogP) is 0.548. The number of nitrogens with zero attached hydrogens (tertiary/aromatic N) is 3. The van der Waals surface area contributed by atoms with Crippen LogP contribution < -0.4 is 5.73 Å². The van der Waals surface area contributed by atoms with Crippen molar-refractivity contribution in [2.75, 3.05) is 5.73 Å². The number of carboxylic acid groups (broad SMARTS) is 1. The molecular formula is C9H8N4O2. The molecule has 1 heterocycles. The summed E-state index contributed by atoms with van der Waals surface area (Å²) < 4.78 is 1.45. The smallest absolute Gasteiger partial charge is 0.335 e. The monoisotopic (exact) mass is 204 g/mol. The van der Waals surface area contributed by atoms with Gasteiger partial charge < -0.3 is 10.8 Å². The Morgan fingerprint density at radius 2 is 2.20 bits per heavy atom. The molecule has 0 unspecified atom stereocenters. The Kier molecular flexibility index (Phi) is 2.09. The second-order valence-corrected chi connectivity index (χ2v) is 2.96. The molecular weight excluding hydrogens is 196 g/mol. The summed E-state index contributed by atoms with van der Waals surface area (Å²) in [5.74, 6) is -1.02. The van der Waals surface area contributed by atoms with Crippen LogP contribution in [-0.2, 0) is 0 Å². The van der Waals surface area contributed by atoms with E-state index in [1.807, 2.05) is 0 Å². The van der Waals surface area contributed by atoms with E-state index >= 15 is 0 Å². The van der Waals surface area contributed by atoms with Gasteiger partial charge in [0.05, 0.1) is 11.3 Å². The first kappa shape index (κ1) is 9.20. The molecule has 6 nitrogen and oxygen atoms in total. The van der Waals surface area contributed by atoms with E-state index in [-0.39, 0.29) is 5.56 Å². The summed E-state index contributed by atoms with van der Waals surface area (Å²) in [5.41, 5.74) is 6.65. The second-order valence-electron chi connectivity index (χ2n) is 2.96. The van der Waals surface area contributed by atoms with Gasteiger partial charge in [-0.3, -0.25) is 0 Å². The van der Waals surface area contributed by atoms with Gasteiger partial charge in [-0.05, 0) is 18.2 Å². The quantitative estimate of drug-likeness (QED) is 0.696. The van der Waals surface area contributed by atoms with Crippen LogP contribution in [0.5, 0.6) is 0 Å². The molecule has 0 saturated carbocycles. The maximum Gasteiger partial charge on any atom is 0.335 e. The zero-order valence-corrected chi connectivity index (χ0v) is 7.66. The van der Waals surface area contributed by atoms with E-state index in [1.165, 1.54) is 29.5 Å². The van der Waals surface area contributed by atoms with Crippen molar-refractivity contribution in [2.45, 2.75) is 0 Å². The first-order valence-electron chi connectivity index (χ1n) is 4.15. The molecule has 76 valence electrons. The molecule has 1 aromatic carbocycles. The van der Waals surface area contributed by atoms with Gasteiger partial charge in [0.25, 0.3) is 0 Å². The molecule has 0 aliphatic rings. The highest BCUT2D eigenvalue weighted by Gasteiger charge is 2.06. The van der Waals surface area contributed by atoms with Crippen molar-refractivity contribution in [3.8, 4) is 5.69 Å². The average Bonchev–Trinajstić information content (AvgIpc) is 2.69. The first-order valence-corrected chi connectivity index (χ1v) is 4.15. The highest BCUT2D eigenvalue weighted by molar-refractivity contribution is 5.89. The van der Waals surface area contributed by atoms with Gasteiger partial charge in [0.15, 0.2) is 0 Å². The number of aromatic carboxylic acids is 1. The first-order chi connectivity index (χ1) is 7.16. The Morgan fingerprint density at radius 3 is 2.80 bits per heavy atom. The number of nitrogens with two attached hydrogens (primary N) is 1. The van der Waals surface area contributed by atoms with Crippen molar-refractivity contribution in [3.63, 3.8) is 0 Å². The van der Waals surface area contributed by atoms with Crippen LogP contribution in [0.4, 0.5) is 5.69 Å². The van der Waals surface area contributed by atoms with E-state index in [4.69, 9.17) is 10.8 Å². The molecule has 0 bridgehead atoms. The second kappa shape index (κ2) is 3.41. The molecule has 2 aromatic rings. The molecule has 15 heavy (non-hydrogen) atoms. The Labute approximate surface area is 85.0 Å². The number of carboxylic acids is 1. The van der Waals surface area contributed by atoms with Gasteiger partial charge >= 0.3 is 5.97 Å². The lowest BCUT2D eigenvalue weighted by atomic mass is 10.2. The van der Waals surface area contributed by atoms with Gasteiger partial charge in [0, 0.05) is 5.69 Å². The molecule has 0 fully saturated rings. The predicted molar refractivity (Wildman–Crippen MR) is 52.7 cm³/mol. The molecule has 0 amide bonds. The zero-order valence-electron chi connectivity index (χ0n) is 7.66. The lowest BCUT2D eigenvalue weighted by Crippen LogP contribution is -2.02. The number of nitrogen functional groups attached to an aromatic ring is 1. The number of anilines is 1. The molecule has 0 radical (unpaired) electrons. The molecule has 6 heteroatoms. The standard InChI is InChI=1S/C9H8N4O2/c10-7-1-6(9(14)15)2-8(3-7)13-5-11-4-12-13/h1-5H,10H2,(H,14,15). The third kappa shape index (κ3) is 1.78. The molecule has 0 saturated heterocycles. The number of hydrogen-bond acceptors (Lipinski definition) is 4. The fourth-order valence-electron chi connectivity index (χ4n) is 1.23. The largest absolute Gasteiger partial charge is 0.478 e.